The number of likely N-dealkylation sites (tertiary alicyclic amines) is 1. The van der Waals surface area contributed by atoms with Crippen LogP contribution in [0.3, 0.4) is 0 Å². The molecular weight excluding hydrogens is 448 g/mol. The fraction of sp³-hybridized carbons (Fsp3) is 0.290. The van der Waals surface area contributed by atoms with E-state index in [0.29, 0.717) is 0 Å². The van der Waals surface area contributed by atoms with Crippen molar-refractivity contribution in [3.63, 3.8) is 0 Å². The van der Waals surface area contributed by atoms with Gasteiger partial charge in [0.05, 0.1) is 19.9 Å². The lowest BCUT2D eigenvalue weighted by atomic mass is 9.99. The van der Waals surface area contributed by atoms with Gasteiger partial charge in [0.15, 0.2) is 5.75 Å². The van der Waals surface area contributed by atoms with Gasteiger partial charge in [-0.15, -0.1) is 0 Å². The van der Waals surface area contributed by atoms with Crippen molar-refractivity contribution in [3.8, 4) is 34.1 Å². The van der Waals surface area contributed by atoms with E-state index in [-0.39, 0.29) is 0 Å². The Morgan fingerprint density at radius 1 is 0.778 bits per heavy atom. The van der Waals surface area contributed by atoms with Gasteiger partial charge in [-0.05, 0) is 85.4 Å². The van der Waals surface area contributed by atoms with E-state index in [1.54, 1.807) is 14.2 Å². The predicted octanol–water partition coefficient (Wildman–Crippen LogP) is 7.21. The number of hydrogen-bond donors (Lipinski definition) is 1. The molecule has 0 radical (unpaired) electrons. The van der Waals surface area contributed by atoms with Gasteiger partial charge in [-0.2, -0.15) is 0 Å². The van der Waals surface area contributed by atoms with E-state index >= 15 is 0 Å². The minimum Gasteiger partial charge on any atom is -0.497 e. The molecular formula is C31H34N2O3. The number of anilines is 1. The fourth-order valence-corrected chi connectivity index (χ4v) is 4.86. The number of hydrogen-bond acceptors (Lipinski definition) is 5. The molecule has 4 aromatic carbocycles. The topological polar surface area (TPSA) is 43.0 Å². The predicted molar refractivity (Wildman–Crippen MR) is 148 cm³/mol. The molecule has 1 aliphatic heterocycles. The molecule has 1 aliphatic rings. The maximum atomic E-state index is 6.73. The summed E-state index contributed by atoms with van der Waals surface area (Å²) in [4.78, 5) is 2.54. The molecule has 36 heavy (non-hydrogen) atoms. The Bertz CT molecular complexity index is 1300. The summed E-state index contributed by atoms with van der Waals surface area (Å²) < 4.78 is 17.6. The second-order valence-electron chi connectivity index (χ2n) is 9.19. The monoisotopic (exact) mass is 482 g/mol. The summed E-state index contributed by atoms with van der Waals surface area (Å²) in [7, 11) is 3.37. The second kappa shape index (κ2) is 11.4. The molecule has 1 heterocycles. The number of nitrogens with one attached hydrogen (secondary N) is 1. The molecule has 0 amide bonds. The molecule has 0 atom stereocenters. The zero-order valence-corrected chi connectivity index (χ0v) is 21.1. The van der Waals surface area contributed by atoms with E-state index in [4.69, 9.17) is 14.2 Å². The first-order valence-electron chi connectivity index (χ1n) is 12.7. The van der Waals surface area contributed by atoms with Gasteiger partial charge in [-0.25, -0.2) is 0 Å². The van der Waals surface area contributed by atoms with E-state index < -0.39 is 0 Å². The van der Waals surface area contributed by atoms with E-state index in [1.165, 1.54) is 32.4 Å². The van der Waals surface area contributed by atoms with Gasteiger partial charge in [0.1, 0.15) is 17.2 Å². The summed E-state index contributed by atoms with van der Waals surface area (Å²) >= 11 is 0. The molecule has 5 nitrogen and oxygen atoms in total. The van der Waals surface area contributed by atoms with Gasteiger partial charge in [0.25, 0.3) is 0 Å². The van der Waals surface area contributed by atoms with Gasteiger partial charge in [0.2, 0.25) is 0 Å². The highest BCUT2D eigenvalue weighted by Crippen LogP contribution is 2.42. The summed E-state index contributed by atoms with van der Waals surface area (Å²) in [5.41, 5.74) is 3.10. The van der Waals surface area contributed by atoms with E-state index in [1.807, 2.05) is 36.4 Å². The van der Waals surface area contributed by atoms with Crippen LogP contribution in [0.2, 0.25) is 0 Å². The van der Waals surface area contributed by atoms with Gasteiger partial charge >= 0.3 is 0 Å². The Balaban J connectivity index is 1.48. The van der Waals surface area contributed by atoms with E-state index in [0.717, 1.165) is 63.7 Å². The van der Waals surface area contributed by atoms with Crippen molar-refractivity contribution in [3.05, 3.63) is 78.9 Å². The number of para-hydroxylation sites is 2. The number of benzene rings is 4. The number of methoxy groups -OCH3 is 2. The third-order valence-electron chi connectivity index (χ3n) is 6.87. The van der Waals surface area contributed by atoms with Gasteiger partial charge in [-0.1, -0.05) is 36.8 Å². The van der Waals surface area contributed by atoms with E-state index in [2.05, 4.69) is 52.7 Å². The number of nitrogens with zero attached hydrogens (tertiary/aromatic N) is 1. The summed E-state index contributed by atoms with van der Waals surface area (Å²) in [5.74, 6) is 3.29. The molecule has 0 aliphatic carbocycles. The molecule has 1 saturated heterocycles. The molecule has 4 aromatic rings. The lowest BCUT2D eigenvalue weighted by molar-refractivity contribution is 0.237. The summed E-state index contributed by atoms with van der Waals surface area (Å²) in [5, 5.41) is 5.72. The van der Waals surface area contributed by atoms with Crippen molar-refractivity contribution in [2.45, 2.75) is 19.3 Å². The smallest absolute Gasteiger partial charge is 0.150 e. The molecule has 0 unspecified atom stereocenters. The van der Waals surface area contributed by atoms with Crippen molar-refractivity contribution >= 4 is 16.5 Å². The quantitative estimate of drug-likeness (QED) is 0.273. The Morgan fingerprint density at radius 2 is 1.53 bits per heavy atom. The standard InChI is InChI=1S/C31H34N2O3/c1-34-25-13-10-23(11-14-25)27-16-12-24-22-26(35-2)15-17-28(24)31(27)36-30-9-5-4-8-29(30)32-18-21-33-19-6-3-7-20-33/h4-5,8-17,22,32H,3,6-7,18-21H2,1-2H3. The van der Waals surface area contributed by atoms with Crippen molar-refractivity contribution in [2.24, 2.45) is 0 Å². The summed E-state index contributed by atoms with van der Waals surface area (Å²) in [6.45, 7) is 4.33. The van der Waals surface area contributed by atoms with Crippen LogP contribution >= 0.6 is 0 Å². The van der Waals surface area contributed by atoms with Crippen molar-refractivity contribution in [1.82, 2.24) is 4.90 Å². The van der Waals surface area contributed by atoms with Crippen molar-refractivity contribution in [1.29, 1.82) is 0 Å². The largest absolute Gasteiger partial charge is 0.497 e. The third-order valence-corrected chi connectivity index (χ3v) is 6.87. The second-order valence-corrected chi connectivity index (χ2v) is 9.19. The molecule has 5 heteroatoms. The molecule has 0 spiro atoms. The SMILES string of the molecule is COc1ccc(-c2ccc3cc(OC)ccc3c2Oc2ccccc2NCCN2CCCCC2)cc1. The summed E-state index contributed by atoms with van der Waals surface area (Å²) in [6, 6.07) is 26.6. The molecule has 0 saturated carbocycles. The fourth-order valence-electron chi connectivity index (χ4n) is 4.86. The zero-order valence-electron chi connectivity index (χ0n) is 21.1. The van der Waals surface area contributed by atoms with Crippen LogP contribution in [0.4, 0.5) is 5.69 Å². The van der Waals surface area contributed by atoms with Crippen molar-refractivity contribution < 1.29 is 14.2 Å². The Kier molecular flexibility index (Phi) is 7.58. The van der Waals surface area contributed by atoms with Gasteiger partial charge < -0.3 is 24.4 Å². The number of rotatable bonds is 9. The number of ether oxygens (including phenoxy) is 3. The normalized spacial score (nSPS) is 13.9. The van der Waals surface area contributed by atoms with Crippen LogP contribution in [-0.4, -0.2) is 45.3 Å². The van der Waals surface area contributed by atoms with Crippen molar-refractivity contribution in [2.75, 3.05) is 45.7 Å². The van der Waals surface area contributed by atoms with Crippen LogP contribution in [-0.2, 0) is 0 Å². The van der Waals surface area contributed by atoms with E-state index in [9.17, 15) is 0 Å². The molecule has 0 bridgehead atoms. The van der Waals surface area contributed by atoms with Crippen LogP contribution in [0, 0.1) is 0 Å². The maximum Gasteiger partial charge on any atom is 0.150 e. The maximum absolute atomic E-state index is 6.73. The first-order valence-corrected chi connectivity index (χ1v) is 12.7. The Morgan fingerprint density at radius 3 is 2.31 bits per heavy atom. The van der Waals surface area contributed by atoms with Gasteiger partial charge in [-0.3, -0.25) is 0 Å². The van der Waals surface area contributed by atoms with Crippen LogP contribution < -0.4 is 19.5 Å². The van der Waals surface area contributed by atoms with Crippen LogP contribution in [0.5, 0.6) is 23.0 Å². The highest BCUT2D eigenvalue weighted by molar-refractivity contribution is 5.96. The average Bonchev–Trinajstić information content (AvgIpc) is 2.94. The Labute approximate surface area is 213 Å². The molecule has 1 fully saturated rings. The number of piperidine rings is 1. The van der Waals surface area contributed by atoms with Crippen LogP contribution in [0.1, 0.15) is 19.3 Å². The average molecular weight is 483 g/mol. The van der Waals surface area contributed by atoms with Crippen LogP contribution in [0.15, 0.2) is 78.9 Å². The first kappa shape index (κ1) is 24.0. The highest BCUT2D eigenvalue weighted by atomic mass is 16.5. The van der Waals surface area contributed by atoms with Crippen LogP contribution in [0.25, 0.3) is 21.9 Å². The summed E-state index contributed by atoms with van der Waals surface area (Å²) in [6.07, 6.45) is 3.97. The Hall–Kier alpha value is -3.70. The highest BCUT2D eigenvalue weighted by Gasteiger charge is 2.16. The lowest BCUT2D eigenvalue weighted by Gasteiger charge is -2.26. The molecule has 186 valence electrons. The zero-order chi connectivity index (χ0) is 24.7. The molecule has 5 rings (SSSR count). The third kappa shape index (κ3) is 5.42. The molecule has 0 aromatic heterocycles. The van der Waals surface area contributed by atoms with Gasteiger partial charge in [0, 0.05) is 24.0 Å². The lowest BCUT2D eigenvalue weighted by Crippen LogP contribution is -2.33. The number of fused-ring (bicyclic) bond motifs is 1. The first-order chi connectivity index (χ1) is 17.7. The minimum absolute atomic E-state index is 0.814. The minimum atomic E-state index is 0.814. The molecule has 1 N–H and O–H groups in total.